The molecule has 2 aromatic heterocycles. The SMILES string of the molecule is CC(C)CC(=O)C1=Cc2ccc(Nc3nccc(-c4cc(OCCCO)ccn4)n3)cc2CC1. The molecule has 0 bridgehead atoms. The van der Waals surface area contributed by atoms with Crippen LogP contribution in [0.4, 0.5) is 11.6 Å². The second-order valence-corrected chi connectivity index (χ2v) is 8.80. The number of hydrogen-bond donors (Lipinski definition) is 2. The fourth-order valence-corrected chi connectivity index (χ4v) is 3.88. The van der Waals surface area contributed by atoms with Gasteiger partial charge in [-0.25, -0.2) is 9.97 Å². The van der Waals surface area contributed by atoms with E-state index in [1.807, 2.05) is 24.3 Å². The third-order valence-corrected chi connectivity index (χ3v) is 5.56. The zero-order valence-corrected chi connectivity index (χ0v) is 19.6. The zero-order chi connectivity index (χ0) is 23.9. The fraction of sp³-hybridized carbons (Fsp3) is 0.333. The summed E-state index contributed by atoms with van der Waals surface area (Å²) in [5.74, 6) is 1.78. The van der Waals surface area contributed by atoms with E-state index in [4.69, 9.17) is 9.84 Å². The van der Waals surface area contributed by atoms with Crippen molar-refractivity contribution in [1.82, 2.24) is 15.0 Å². The number of aryl methyl sites for hydroxylation is 1. The number of aliphatic hydroxyl groups excluding tert-OH is 1. The quantitative estimate of drug-likeness (QED) is 0.413. The van der Waals surface area contributed by atoms with Crippen LogP contribution in [0, 0.1) is 5.92 Å². The molecule has 0 spiro atoms. The van der Waals surface area contributed by atoms with Crippen molar-refractivity contribution in [3.8, 4) is 17.1 Å². The minimum absolute atomic E-state index is 0.0925. The number of fused-ring (bicyclic) bond motifs is 1. The molecular formula is C27H30N4O3. The molecule has 34 heavy (non-hydrogen) atoms. The average molecular weight is 459 g/mol. The third kappa shape index (κ3) is 6.05. The first-order valence-corrected chi connectivity index (χ1v) is 11.7. The molecule has 0 fully saturated rings. The summed E-state index contributed by atoms with van der Waals surface area (Å²) >= 11 is 0. The van der Waals surface area contributed by atoms with Crippen molar-refractivity contribution in [3.63, 3.8) is 0 Å². The first-order chi connectivity index (χ1) is 16.5. The molecular weight excluding hydrogens is 428 g/mol. The lowest BCUT2D eigenvalue weighted by Crippen LogP contribution is -2.11. The number of ether oxygens (including phenoxy) is 1. The van der Waals surface area contributed by atoms with Gasteiger partial charge in [0.2, 0.25) is 5.95 Å². The first-order valence-electron chi connectivity index (χ1n) is 11.7. The number of hydrogen-bond acceptors (Lipinski definition) is 7. The maximum absolute atomic E-state index is 12.4. The average Bonchev–Trinajstić information content (AvgIpc) is 2.84. The maximum atomic E-state index is 12.4. The number of nitrogens with one attached hydrogen (secondary N) is 1. The number of nitrogens with zero attached hydrogens (tertiary/aromatic N) is 3. The third-order valence-electron chi connectivity index (χ3n) is 5.56. The number of anilines is 2. The lowest BCUT2D eigenvalue weighted by molar-refractivity contribution is -0.116. The molecule has 0 amide bonds. The van der Waals surface area contributed by atoms with Crippen molar-refractivity contribution >= 4 is 23.5 Å². The molecule has 0 unspecified atom stereocenters. The molecule has 0 aliphatic heterocycles. The Morgan fingerprint density at radius 2 is 1.94 bits per heavy atom. The van der Waals surface area contributed by atoms with Gasteiger partial charge in [0, 0.05) is 43.6 Å². The Kier molecular flexibility index (Phi) is 7.65. The Hall–Kier alpha value is -3.58. The monoisotopic (exact) mass is 458 g/mol. The molecule has 0 saturated carbocycles. The number of carbonyl (C=O) groups excluding carboxylic acids is 1. The summed E-state index contributed by atoms with van der Waals surface area (Å²) in [6, 6.07) is 11.5. The molecule has 4 rings (SSSR count). The predicted octanol–water partition coefficient (Wildman–Crippen LogP) is 4.99. The normalized spacial score (nSPS) is 12.8. The molecule has 1 aromatic carbocycles. The molecule has 7 heteroatoms. The lowest BCUT2D eigenvalue weighted by atomic mass is 9.88. The highest BCUT2D eigenvalue weighted by Gasteiger charge is 2.17. The number of rotatable bonds is 10. The van der Waals surface area contributed by atoms with Gasteiger partial charge in [0.1, 0.15) is 5.75 Å². The number of carbonyl (C=O) groups is 1. The molecule has 2 N–H and O–H groups in total. The summed E-state index contributed by atoms with van der Waals surface area (Å²) in [7, 11) is 0. The van der Waals surface area contributed by atoms with E-state index < -0.39 is 0 Å². The van der Waals surface area contributed by atoms with E-state index in [1.54, 1.807) is 24.5 Å². The van der Waals surface area contributed by atoms with E-state index in [-0.39, 0.29) is 12.4 Å². The fourth-order valence-electron chi connectivity index (χ4n) is 3.88. The number of aliphatic hydroxyl groups is 1. The van der Waals surface area contributed by atoms with Crippen molar-refractivity contribution in [2.45, 2.75) is 39.5 Å². The maximum Gasteiger partial charge on any atom is 0.227 e. The second-order valence-electron chi connectivity index (χ2n) is 8.80. The number of allylic oxidation sites excluding steroid dienone is 1. The van der Waals surface area contributed by atoms with E-state index in [0.29, 0.717) is 48.5 Å². The highest BCUT2D eigenvalue weighted by atomic mass is 16.5. The minimum atomic E-state index is 0.0925. The van der Waals surface area contributed by atoms with Crippen LogP contribution in [0.1, 0.15) is 44.2 Å². The van der Waals surface area contributed by atoms with Gasteiger partial charge in [-0.05, 0) is 65.8 Å². The molecule has 1 aliphatic rings. The van der Waals surface area contributed by atoms with Crippen molar-refractivity contribution in [3.05, 3.63) is 65.5 Å². The van der Waals surface area contributed by atoms with E-state index in [1.165, 1.54) is 5.56 Å². The topological polar surface area (TPSA) is 97.2 Å². The van der Waals surface area contributed by atoms with Gasteiger partial charge in [-0.3, -0.25) is 9.78 Å². The van der Waals surface area contributed by atoms with Crippen LogP contribution >= 0.6 is 0 Å². The van der Waals surface area contributed by atoms with Crippen LogP contribution in [0.15, 0.2) is 54.4 Å². The number of Topliss-reactive ketones (excluding diaryl/α,β-unsaturated/α-hetero) is 1. The van der Waals surface area contributed by atoms with E-state index in [2.05, 4.69) is 40.2 Å². The zero-order valence-electron chi connectivity index (χ0n) is 19.6. The smallest absolute Gasteiger partial charge is 0.227 e. The number of pyridine rings is 1. The summed E-state index contributed by atoms with van der Waals surface area (Å²) in [5, 5.41) is 12.2. The Labute approximate surface area is 200 Å². The predicted molar refractivity (Wildman–Crippen MR) is 133 cm³/mol. The summed E-state index contributed by atoms with van der Waals surface area (Å²) < 4.78 is 5.64. The molecule has 3 aromatic rings. The van der Waals surface area contributed by atoms with Crippen LogP contribution < -0.4 is 10.1 Å². The van der Waals surface area contributed by atoms with Crippen molar-refractivity contribution in [1.29, 1.82) is 0 Å². The number of benzene rings is 1. The second kappa shape index (κ2) is 11.0. The highest BCUT2D eigenvalue weighted by Crippen LogP contribution is 2.29. The summed E-state index contributed by atoms with van der Waals surface area (Å²) in [5.41, 5.74) is 5.49. The minimum Gasteiger partial charge on any atom is -0.493 e. The Balaban J connectivity index is 1.48. The van der Waals surface area contributed by atoms with Gasteiger partial charge in [0.05, 0.1) is 18.0 Å². The Morgan fingerprint density at radius 3 is 2.76 bits per heavy atom. The van der Waals surface area contributed by atoms with E-state index in [0.717, 1.165) is 29.7 Å². The Morgan fingerprint density at radius 1 is 1.09 bits per heavy atom. The molecule has 2 heterocycles. The van der Waals surface area contributed by atoms with E-state index in [9.17, 15) is 4.79 Å². The van der Waals surface area contributed by atoms with Gasteiger partial charge in [-0.2, -0.15) is 0 Å². The van der Waals surface area contributed by atoms with Gasteiger partial charge in [0.25, 0.3) is 0 Å². The van der Waals surface area contributed by atoms with Gasteiger partial charge in [-0.15, -0.1) is 0 Å². The number of ketones is 1. The van der Waals surface area contributed by atoms with Gasteiger partial charge in [0.15, 0.2) is 5.78 Å². The first kappa shape index (κ1) is 23.6. The van der Waals surface area contributed by atoms with Gasteiger partial charge in [-0.1, -0.05) is 19.9 Å². The lowest BCUT2D eigenvalue weighted by Gasteiger charge is -2.18. The van der Waals surface area contributed by atoms with Crippen LogP contribution in [0.3, 0.4) is 0 Å². The number of aromatic nitrogens is 3. The standard InChI is InChI=1S/C27H30N4O3/c1-18(2)14-26(33)21-5-4-20-16-22(7-6-19(20)15-21)30-27-29-11-9-24(31-27)25-17-23(8-10-28-25)34-13-3-12-32/h6-11,15-18,32H,3-5,12-14H2,1-2H3,(H,29,30,31). The summed E-state index contributed by atoms with van der Waals surface area (Å²) in [4.78, 5) is 25.8. The summed E-state index contributed by atoms with van der Waals surface area (Å²) in [6.07, 6.45) is 8.19. The molecule has 0 radical (unpaired) electrons. The van der Waals surface area contributed by atoms with Crippen LogP contribution in [0.25, 0.3) is 17.5 Å². The van der Waals surface area contributed by atoms with Crippen LogP contribution in [-0.4, -0.2) is 39.1 Å². The van der Waals surface area contributed by atoms with Crippen LogP contribution in [0.2, 0.25) is 0 Å². The molecule has 176 valence electrons. The van der Waals surface area contributed by atoms with Crippen molar-refractivity contribution in [2.24, 2.45) is 5.92 Å². The van der Waals surface area contributed by atoms with Crippen molar-refractivity contribution in [2.75, 3.05) is 18.5 Å². The van der Waals surface area contributed by atoms with E-state index >= 15 is 0 Å². The Bertz CT molecular complexity index is 1190. The molecule has 0 saturated heterocycles. The summed E-state index contributed by atoms with van der Waals surface area (Å²) in [6.45, 7) is 4.68. The van der Waals surface area contributed by atoms with Crippen LogP contribution in [-0.2, 0) is 11.2 Å². The largest absolute Gasteiger partial charge is 0.493 e. The van der Waals surface area contributed by atoms with Gasteiger partial charge >= 0.3 is 0 Å². The molecule has 0 atom stereocenters. The highest BCUT2D eigenvalue weighted by molar-refractivity contribution is 6.00. The molecule has 1 aliphatic carbocycles. The molecule has 7 nitrogen and oxygen atoms in total. The van der Waals surface area contributed by atoms with Crippen LogP contribution in [0.5, 0.6) is 5.75 Å². The van der Waals surface area contributed by atoms with Crippen molar-refractivity contribution < 1.29 is 14.6 Å². The van der Waals surface area contributed by atoms with Gasteiger partial charge < -0.3 is 15.2 Å².